The molecule has 122 valence electrons. The minimum absolute atomic E-state index is 0.0875. The molecule has 2 aromatic carbocycles. The molecule has 0 atom stereocenters. The SMILES string of the molecule is O=Cc1cc(C(F)(F)F)ccc1Oc1ccc(OC(F)F)cc1. The molecule has 23 heavy (non-hydrogen) atoms. The Bertz CT molecular complexity index is 681. The lowest BCUT2D eigenvalue weighted by atomic mass is 10.1. The van der Waals surface area contributed by atoms with E-state index in [1.807, 2.05) is 0 Å². The van der Waals surface area contributed by atoms with Crippen molar-refractivity contribution in [3.63, 3.8) is 0 Å². The number of rotatable bonds is 5. The van der Waals surface area contributed by atoms with Crippen molar-refractivity contribution in [1.82, 2.24) is 0 Å². The van der Waals surface area contributed by atoms with Crippen LogP contribution in [0.3, 0.4) is 0 Å². The van der Waals surface area contributed by atoms with Crippen molar-refractivity contribution < 1.29 is 36.2 Å². The summed E-state index contributed by atoms with van der Waals surface area (Å²) in [6.45, 7) is -2.97. The Morgan fingerprint density at radius 1 is 0.957 bits per heavy atom. The van der Waals surface area contributed by atoms with Crippen LogP contribution in [0.25, 0.3) is 0 Å². The van der Waals surface area contributed by atoms with Crippen LogP contribution in [0, 0.1) is 0 Å². The van der Waals surface area contributed by atoms with Gasteiger partial charge < -0.3 is 9.47 Å². The molecule has 0 saturated heterocycles. The quantitative estimate of drug-likeness (QED) is 0.576. The molecule has 0 aliphatic rings. The minimum atomic E-state index is -4.58. The lowest BCUT2D eigenvalue weighted by molar-refractivity contribution is -0.137. The number of hydrogen-bond acceptors (Lipinski definition) is 3. The first-order chi connectivity index (χ1) is 10.8. The predicted molar refractivity (Wildman–Crippen MR) is 70.0 cm³/mol. The van der Waals surface area contributed by atoms with Crippen LogP contribution in [-0.4, -0.2) is 12.9 Å². The van der Waals surface area contributed by atoms with E-state index in [-0.39, 0.29) is 29.1 Å². The first-order valence-electron chi connectivity index (χ1n) is 6.19. The summed E-state index contributed by atoms with van der Waals surface area (Å²) in [6, 6.07) is 7.41. The van der Waals surface area contributed by atoms with E-state index < -0.39 is 18.4 Å². The number of ether oxygens (including phenoxy) is 2. The van der Waals surface area contributed by atoms with Crippen LogP contribution in [0.4, 0.5) is 22.0 Å². The molecule has 0 amide bonds. The van der Waals surface area contributed by atoms with E-state index in [0.29, 0.717) is 6.07 Å². The average Bonchev–Trinajstić information content (AvgIpc) is 2.48. The van der Waals surface area contributed by atoms with Crippen molar-refractivity contribution in [1.29, 1.82) is 0 Å². The van der Waals surface area contributed by atoms with Crippen LogP contribution in [0.2, 0.25) is 0 Å². The third-order valence-electron chi connectivity index (χ3n) is 2.74. The fourth-order valence-corrected chi connectivity index (χ4v) is 1.73. The Morgan fingerprint density at radius 2 is 1.57 bits per heavy atom. The Kier molecular flexibility index (Phi) is 4.83. The maximum atomic E-state index is 12.6. The first kappa shape index (κ1) is 16.7. The standard InChI is InChI=1S/C15H9F5O3/c16-14(17)23-12-4-2-11(3-5-12)22-13-6-1-10(15(18,19)20)7-9(13)8-21/h1-8,14H. The predicted octanol–water partition coefficient (Wildman–Crippen LogP) is 4.91. The van der Waals surface area contributed by atoms with Gasteiger partial charge in [0, 0.05) is 0 Å². The van der Waals surface area contributed by atoms with Gasteiger partial charge >= 0.3 is 12.8 Å². The molecule has 0 unspecified atom stereocenters. The molecule has 0 heterocycles. The smallest absolute Gasteiger partial charge is 0.416 e. The largest absolute Gasteiger partial charge is 0.457 e. The Morgan fingerprint density at radius 3 is 2.09 bits per heavy atom. The summed E-state index contributed by atoms with van der Waals surface area (Å²) in [6.07, 6.45) is -4.34. The van der Waals surface area contributed by atoms with Crippen molar-refractivity contribution in [2.45, 2.75) is 12.8 Å². The van der Waals surface area contributed by atoms with Crippen molar-refractivity contribution in [3.05, 3.63) is 53.6 Å². The highest BCUT2D eigenvalue weighted by Crippen LogP contribution is 2.33. The summed E-state index contributed by atoms with van der Waals surface area (Å²) in [5.41, 5.74) is -1.26. The van der Waals surface area contributed by atoms with E-state index in [1.54, 1.807) is 0 Å². The molecule has 0 aromatic heterocycles. The van der Waals surface area contributed by atoms with Gasteiger partial charge in [-0.05, 0) is 42.5 Å². The molecule has 0 aliphatic carbocycles. The van der Waals surface area contributed by atoms with E-state index >= 15 is 0 Å². The molecule has 3 nitrogen and oxygen atoms in total. The van der Waals surface area contributed by atoms with Gasteiger partial charge in [-0.1, -0.05) is 0 Å². The van der Waals surface area contributed by atoms with Crippen molar-refractivity contribution >= 4 is 6.29 Å². The molecule has 0 aliphatic heterocycles. The zero-order valence-corrected chi connectivity index (χ0v) is 11.3. The third-order valence-corrected chi connectivity index (χ3v) is 2.74. The first-order valence-corrected chi connectivity index (χ1v) is 6.19. The van der Waals surface area contributed by atoms with Gasteiger partial charge in [-0.3, -0.25) is 4.79 Å². The van der Waals surface area contributed by atoms with Gasteiger partial charge in [0.15, 0.2) is 6.29 Å². The fourth-order valence-electron chi connectivity index (χ4n) is 1.73. The Hall–Kier alpha value is -2.64. The normalized spacial score (nSPS) is 11.4. The van der Waals surface area contributed by atoms with Crippen LogP contribution >= 0.6 is 0 Å². The highest BCUT2D eigenvalue weighted by molar-refractivity contribution is 5.80. The maximum absolute atomic E-state index is 12.6. The molecule has 0 fully saturated rings. The van der Waals surface area contributed by atoms with Gasteiger partial charge in [-0.25, -0.2) is 0 Å². The number of halogens is 5. The second-order valence-corrected chi connectivity index (χ2v) is 4.32. The minimum Gasteiger partial charge on any atom is -0.457 e. The zero-order chi connectivity index (χ0) is 17.0. The molecule has 0 saturated carbocycles. The van der Waals surface area contributed by atoms with E-state index in [4.69, 9.17) is 4.74 Å². The second-order valence-electron chi connectivity index (χ2n) is 4.32. The zero-order valence-electron chi connectivity index (χ0n) is 11.3. The van der Waals surface area contributed by atoms with Crippen LogP contribution in [0.15, 0.2) is 42.5 Å². The molecule has 8 heteroatoms. The van der Waals surface area contributed by atoms with Gasteiger partial charge in [0.25, 0.3) is 0 Å². The molecular formula is C15H9F5O3. The molecule has 0 radical (unpaired) electrons. The van der Waals surface area contributed by atoms with Crippen LogP contribution in [-0.2, 0) is 6.18 Å². The van der Waals surface area contributed by atoms with Gasteiger partial charge in [0.1, 0.15) is 17.2 Å². The summed E-state index contributed by atoms with van der Waals surface area (Å²) in [7, 11) is 0. The molecular weight excluding hydrogens is 323 g/mol. The van der Waals surface area contributed by atoms with Crippen molar-refractivity contribution in [3.8, 4) is 17.2 Å². The fraction of sp³-hybridized carbons (Fsp3) is 0.133. The monoisotopic (exact) mass is 332 g/mol. The summed E-state index contributed by atoms with van der Waals surface area (Å²) in [5, 5.41) is 0. The number of alkyl halides is 5. The third kappa shape index (κ3) is 4.41. The highest BCUT2D eigenvalue weighted by Gasteiger charge is 2.31. The maximum Gasteiger partial charge on any atom is 0.416 e. The van der Waals surface area contributed by atoms with Gasteiger partial charge in [-0.15, -0.1) is 0 Å². The summed E-state index contributed by atoms with van der Waals surface area (Å²) in [4.78, 5) is 10.9. The van der Waals surface area contributed by atoms with E-state index in [0.717, 1.165) is 12.1 Å². The molecule has 2 aromatic rings. The lowest BCUT2D eigenvalue weighted by Gasteiger charge is -2.12. The molecule has 0 N–H and O–H groups in total. The Balaban J connectivity index is 2.21. The topological polar surface area (TPSA) is 35.5 Å². The van der Waals surface area contributed by atoms with Gasteiger partial charge in [0.2, 0.25) is 0 Å². The summed E-state index contributed by atoms with van der Waals surface area (Å²) in [5.74, 6) is -0.0413. The van der Waals surface area contributed by atoms with Crippen molar-refractivity contribution in [2.24, 2.45) is 0 Å². The summed E-state index contributed by atoms with van der Waals surface area (Å²) >= 11 is 0. The van der Waals surface area contributed by atoms with E-state index in [1.165, 1.54) is 24.3 Å². The number of aldehydes is 1. The van der Waals surface area contributed by atoms with Crippen molar-refractivity contribution in [2.75, 3.05) is 0 Å². The second kappa shape index (κ2) is 6.64. The van der Waals surface area contributed by atoms with Crippen LogP contribution in [0.1, 0.15) is 15.9 Å². The van der Waals surface area contributed by atoms with E-state index in [9.17, 15) is 26.7 Å². The Labute approximate surface area is 127 Å². The van der Waals surface area contributed by atoms with Gasteiger partial charge in [-0.2, -0.15) is 22.0 Å². The molecule has 2 rings (SSSR count). The number of carbonyl (C=O) groups excluding carboxylic acids is 1. The number of hydrogen-bond donors (Lipinski definition) is 0. The van der Waals surface area contributed by atoms with E-state index in [2.05, 4.69) is 4.74 Å². The van der Waals surface area contributed by atoms with Crippen LogP contribution < -0.4 is 9.47 Å². The average molecular weight is 332 g/mol. The lowest BCUT2D eigenvalue weighted by Crippen LogP contribution is -2.06. The van der Waals surface area contributed by atoms with Gasteiger partial charge in [0.05, 0.1) is 11.1 Å². The summed E-state index contributed by atoms with van der Waals surface area (Å²) < 4.78 is 71.2. The number of benzene rings is 2. The number of carbonyl (C=O) groups is 1. The van der Waals surface area contributed by atoms with Crippen LogP contribution in [0.5, 0.6) is 17.2 Å². The molecule has 0 spiro atoms. The highest BCUT2D eigenvalue weighted by atomic mass is 19.4. The molecule has 0 bridgehead atoms.